The zero-order valence-corrected chi connectivity index (χ0v) is 19.0. The molecular formula is C24H27Cl2N3O. The minimum atomic E-state index is -0.135. The minimum absolute atomic E-state index is 0.0748. The Labute approximate surface area is 188 Å². The number of hydrogen-bond donors (Lipinski definition) is 2. The summed E-state index contributed by atoms with van der Waals surface area (Å²) in [5.41, 5.74) is 4.69. The topological polar surface area (TPSA) is 57.8 Å². The summed E-state index contributed by atoms with van der Waals surface area (Å²) in [6.45, 7) is 6.69. The number of amides is 1. The van der Waals surface area contributed by atoms with Gasteiger partial charge in [-0.1, -0.05) is 67.7 Å². The van der Waals surface area contributed by atoms with Crippen molar-refractivity contribution in [3.63, 3.8) is 0 Å². The second kappa shape index (κ2) is 10.1. The van der Waals surface area contributed by atoms with Gasteiger partial charge in [-0.2, -0.15) is 5.10 Å². The van der Waals surface area contributed by atoms with Crippen molar-refractivity contribution in [3.05, 3.63) is 86.7 Å². The number of aromatic amines is 1. The molecule has 1 amide bonds. The van der Waals surface area contributed by atoms with Gasteiger partial charge in [-0.05, 0) is 54.7 Å². The van der Waals surface area contributed by atoms with Gasteiger partial charge in [0.05, 0.1) is 5.69 Å². The normalized spacial score (nSPS) is 13.1. The molecule has 0 fully saturated rings. The Balaban J connectivity index is 1.81. The molecule has 2 atom stereocenters. The first-order valence-corrected chi connectivity index (χ1v) is 11.0. The Bertz CT molecular complexity index is 981. The molecule has 2 unspecified atom stereocenters. The van der Waals surface area contributed by atoms with E-state index in [4.69, 9.17) is 23.2 Å². The van der Waals surface area contributed by atoms with Crippen LogP contribution < -0.4 is 5.32 Å². The van der Waals surface area contributed by atoms with Gasteiger partial charge in [0.15, 0.2) is 0 Å². The van der Waals surface area contributed by atoms with Crippen LogP contribution in [0.25, 0.3) is 0 Å². The van der Waals surface area contributed by atoms with E-state index in [9.17, 15) is 4.79 Å². The molecule has 0 aliphatic heterocycles. The summed E-state index contributed by atoms with van der Waals surface area (Å²) in [5, 5.41) is 11.7. The predicted octanol–water partition coefficient (Wildman–Crippen LogP) is 6.29. The van der Waals surface area contributed by atoms with Crippen LogP contribution in [0.15, 0.2) is 48.5 Å². The summed E-state index contributed by atoms with van der Waals surface area (Å²) >= 11 is 12.1. The third-order valence-electron chi connectivity index (χ3n) is 5.60. The number of rotatable bonds is 8. The van der Waals surface area contributed by atoms with Crippen molar-refractivity contribution in [2.75, 3.05) is 6.54 Å². The highest BCUT2D eigenvalue weighted by Crippen LogP contribution is 2.33. The molecule has 4 nitrogen and oxygen atoms in total. The fraction of sp³-hybridized carbons (Fsp3) is 0.333. The van der Waals surface area contributed by atoms with Crippen LogP contribution in [0.1, 0.15) is 65.0 Å². The van der Waals surface area contributed by atoms with Gasteiger partial charge < -0.3 is 5.32 Å². The number of hydrogen-bond acceptors (Lipinski definition) is 2. The zero-order valence-electron chi connectivity index (χ0n) is 17.5. The second-order valence-corrected chi connectivity index (χ2v) is 8.50. The van der Waals surface area contributed by atoms with Crippen LogP contribution >= 0.6 is 23.2 Å². The van der Waals surface area contributed by atoms with Crippen molar-refractivity contribution in [1.29, 1.82) is 0 Å². The Morgan fingerprint density at radius 3 is 2.17 bits per heavy atom. The highest BCUT2D eigenvalue weighted by atomic mass is 35.5. The first-order chi connectivity index (χ1) is 14.4. The van der Waals surface area contributed by atoms with Crippen LogP contribution in [0.2, 0.25) is 10.0 Å². The fourth-order valence-corrected chi connectivity index (χ4v) is 3.97. The summed E-state index contributed by atoms with van der Waals surface area (Å²) in [4.78, 5) is 12.9. The molecule has 30 heavy (non-hydrogen) atoms. The standard InChI is InChI=1S/C24H27Cl2N3O/c1-4-5-22-16(3)23(29-28-22)24(30)27-14-21(18-8-12-20(26)13-9-18)15(2)17-6-10-19(25)11-7-17/h6-13,15,21H,4-5,14H2,1-3H3,(H,27,30)(H,28,29). The molecule has 0 aliphatic carbocycles. The first kappa shape index (κ1) is 22.4. The Morgan fingerprint density at radius 2 is 1.60 bits per heavy atom. The lowest BCUT2D eigenvalue weighted by Crippen LogP contribution is -2.31. The molecule has 0 saturated carbocycles. The van der Waals surface area contributed by atoms with Gasteiger partial charge in [-0.15, -0.1) is 0 Å². The summed E-state index contributed by atoms with van der Waals surface area (Å²) in [5.74, 6) is 0.109. The van der Waals surface area contributed by atoms with Gasteiger partial charge in [-0.3, -0.25) is 9.89 Å². The number of H-pyrrole nitrogens is 1. The van der Waals surface area contributed by atoms with Crippen LogP contribution in [-0.2, 0) is 6.42 Å². The molecule has 1 aromatic heterocycles. The van der Waals surface area contributed by atoms with Crippen molar-refractivity contribution in [1.82, 2.24) is 15.5 Å². The van der Waals surface area contributed by atoms with Gasteiger partial charge in [0.2, 0.25) is 0 Å². The van der Waals surface area contributed by atoms with Crippen LogP contribution in [0, 0.1) is 6.92 Å². The summed E-state index contributed by atoms with van der Waals surface area (Å²) in [7, 11) is 0. The van der Waals surface area contributed by atoms with Crippen molar-refractivity contribution < 1.29 is 4.79 Å². The van der Waals surface area contributed by atoms with E-state index >= 15 is 0 Å². The lowest BCUT2D eigenvalue weighted by Gasteiger charge is -2.25. The number of benzene rings is 2. The maximum Gasteiger partial charge on any atom is 0.269 e. The molecular weight excluding hydrogens is 417 g/mol. The SMILES string of the molecule is CCCc1n[nH]c(C(=O)NCC(c2ccc(Cl)cc2)C(C)c2ccc(Cl)cc2)c1C. The third kappa shape index (κ3) is 5.24. The largest absolute Gasteiger partial charge is 0.350 e. The van der Waals surface area contributed by atoms with Gasteiger partial charge in [0, 0.05) is 28.1 Å². The van der Waals surface area contributed by atoms with Crippen LogP contribution in [-0.4, -0.2) is 22.6 Å². The molecule has 3 rings (SSSR count). The molecule has 158 valence electrons. The van der Waals surface area contributed by atoms with Gasteiger partial charge >= 0.3 is 0 Å². The summed E-state index contributed by atoms with van der Waals surface area (Å²) in [6, 6.07) is 15.7. The Hall–Kier alpha value is -2.30. The Kier molecular flexibility index (Phi) is 7.57. The van der Waals surface area contributed by atoms with E-state index in [-0.39, 0.29) is 17.7 Å². The molecule has 0 spiro atoms. The van der Waals surface area contributed by atoms with E-state index in [0.717, 1.165) is 35.2 Å². The molecule has 3 aromatic rings. The lowest BCUT2D eigenvalue weighted by atomic mass is 9.82. The number of carbonyl (C=O) groups excluding carboxylic acids is 1. The molecule has 0 aliphatic rings. The Morgan fingerprint density at radius 1 is 1.03 bits per heavy atom. The average Bonchev–Trinajstić information content (AvgIpc) is 3.10. The number of nitrogens with zero attached hydrogens (tertiary/aromatic N) is 1. The summed E-state index contributed by atoms with van der Waals surface area (Å²) in [6.07, 6.45) is 1.85. The molecule has 0 bridgehead atoms. The van der Waals surface area contributed by atoms with E-state index in [1.807, 2.05) is 55.5 Å². The van der Waals surface area contributed by atoms with Crippen molar-refractivity contribution in [2.45, 2.75) is 45.4 Å². The molecule has 2 N–H and O–H groups in total. The number of aryl methyl sites for hydroxylation is 1. The second-order valence-electron chi connectivity index (χ2n) is 7.63. The average molecular weight is 444 g/mol. The highest BCUT2D eigenvalue weighted by molar-refractivity contribution is 6.30. The van der Waals surface area contributed by atoms with E-state index in [1.54, 1.807) is 0 Å². The first-order valence-electron chi connectivity index (χ1n) is 10.2. The number of halogens is 2. The fourth-order valence-electron chi connectivity index (χ4n) is 3.72. The monoisotopic (exact) mass is 443 g/mol. The van der Waals surface area contributed by atoms with Crippen LogP contribution in [0.3, 0.4) is 0 Å². The zero-order chi connectivity index (χ0) is 21.7. The lowest BCUT2D eigenvalue weighted by molar-refractivity contribution is 0.0944. The van der Waals surface area contributed by atoms with Crippen LogP contribution in [0.4, 0.5) is 0 Å². The highest BCUT2D eigenvalue weighted by Gasteiger charge is 2.23. The van der Waals surface area contributed by atoms with E-state index < -0.39 is 0 Å². The van der Waals surface area contributed by atoms with Crippen molar-refractivity contribution in [3.8, 4) is 0 Å². The summed E-state index contributed by atoms with van der Waals surface area (Å²) < 4.78 is 0. The van der Waals surface area contributed by atoms with E-state index in [2.05, 4.69) is 29.4 Å². The molecule has 6 heteroatoms. The minimum Gasteiger partial charge on any atom is -0.350 e. The molecule has 0 radical (unpaired) electrons. The predicted molar refractivity (Wildman–Crippen MR) is 124 cm³/mol. The van der Waals surface area contributed by atoms with E-state index in [0.29, 0.717) is 22.3 Å². The smallest absolute Gasteiger partial charge is 0.269 e. The number of carbonyl (C=O) groups is 1. The van der Waals surface area contributed by atoms with Crippen molar-refractivity contribution in [2.24, 2.45) is 0 Å². The number of aromatic nitrogens is 2. The maximum absolute atomic E-state index is 12.9. The van der Waals surface area contributed by atoms with E-state index in [1.165, 1.54) is 0 Å². The number of nitrogens with one attached hydrogen (secondary N) is 2. The van der Waals surface area contributed by atoms with Crippen LogP contribution in [0.5, 0.6) is 0 Å². The van der Waals surface area contributed by atoms with Gasteiger partial charge in [0.25, 0.3) is 5.91 Å². The third-order valence-corrected chi connectivity index (χ3v) is 6.11. The van der Waals surface area contributed by atoms with Crippen molar-refractivity contribution >= 4 is 29.1 Å². The van der Waals surface area contributed by atoms with Gasteiger partial charge in [0.1, 0.15) is 5.69 Å². The molecule has 2 aromatic carbocycles. The molecule has 0 saturated heterocycles. The maximum atomic E-state index is 12.9. The quantitative estimate of drug-likeness (QED) is 0.429. The van der Waals surface area contributed by atoms with Gasteiger partial charge in [-0.25, -0.2) is 0 Å². The molecule has 1 heterocycles.